The van der Waals surface area contributed by atoms with Gasteiger partial charge in [0.25, 0.3) is 0 Å². The van der Waals surface area contributed by atoms with Gasteiger partial charge in [0.2, 0.25) is 0 Å². The quantitative estimate of drug-likeness (QED) is 0.760. The molecular formula is C9H11F5O2. The Morgan fingerprint density at radius 3 is 1.75 bits per heavy atom. The number of halogens is 5. The highest BCUT2D eigenvalue weighted by Crippen LogP contribution is 2.47. The lowest BCUT2D eigenvalue weighted by atomic mass is 9.79. The van der Waals surface area contributed by atoms with E-state index in [4.69, 9.17) is 5.11 Å². The molecule has 0 bridgehead atoms. The summed E-state index contributed by atoms with van der Waals surface area (Å²) >= 11 is 0. The fourth-order valence-corrected chi connectivity index (χ4v) is 1.93. The maximum Gasteiger partial charge on any atom is 0.453 e. The fraction of sp³-hybridized carbons (Fsp3) is 0.889. The number of alkyl halides is 5. The number of carbonyl (C=O) groups is 1. The predicted molar refractivity (Wildman–Crippen MR) is 44.1 cm³/mol. The second-order valence-electron chi connectivity index (χ2n) is 4.01. The zero-order chi connectivity index (χ0) is 12.6. The van der Waals surface area contributed by atoms with Crippen LogP contribution in [0.5, 0.6) is 0 Å². The van der Waals surface area contributed by atoms with Gasteiger partial charge in [0.15, 0.2) is 0 Å². The number of carboxylic acid groups (broad SMARTS) is 1. The molecule has 7 heteroatoms. The number of carboxylic acids is 1. The van der Waals surface area contributed by atoms with Gasteiger partial charge in [-0.2, -0.15) is 22.0 Å². The summed E-state index contributed by atoms with van der Waals surface area (Å²) in [5.74, 6) is -8.42. The number of rotatable bonds is 2. The summed E-state index contributed by atoms with van der Waals surface area (Å²) in [6.45, 7) is 0. The molecule has 0 saturated heterocycles. The Morgan fingerprint density at radius 2 is 1.44 bits per heavy atom. The van der Waals surface area contributed by atoms with Crippen LogP contribution in [0.15, 0.2) is 0 Å². The second kappa shape index (κ2) is 4.18. The third-order valence-electron chi connectivity index (χ3n) is 2.97. The summed E-state index contributed by atoms with van der Waals surface area (Å²) in [7, 11) is 0. The molecule has 0 atom stereocenters. The van der Waals surface area contributed by atoms with Crippen molar-refractivity contribution in [2.75, 3.05) is 0 Å². The first kappa shape index (κ1) is 13.2. The van der Waals surface area contributed by atoms with E-state index in [2.05, 4.69) is 0 Å². The van der Waals surface area contributed by atoms with Gasteiger partial charge in [-0.15, -0.1) is 0 Å². The van der Waals surface area contributed by atoms with Crippen molar-refractivity contribution in [3.8, 4) is 0 Å². The van der Waals surface area contributed by atoms with Crippen molar-refractivity contribution in [2.24, 2.45) is 11.8 Å². The van der Waals surface area contributed by atoms with E-state index in [9.17, 15) is 26.7 Å². The Hall–Kier alpha value is -0.880. The minimum atomic E-state index is -5.55. The summed E-state index contributed by atoms with van der Waals surface area (Å²) in [5, 5.41) is 8.58. The lowest BCUT2D eigenvalue weighted by Gasteiger charge is -2.33. The first-order valence-electron chi connectivity index (χ1n) is 4.83. The molecule has 1 saturated carbocycles. The lowest BCUT2D eigenvalue weighted by Crippen LogP contribution is -2.45. The third kappa shape index (κ3) is 2.44. The molecule has 0 aromatic heterocycles. The van der Waals surface area contributed by atoms with E-state index in [1.807, 2.05) is 0 Å². The Bertz CT molecular complexity index is 266. The van der Waals surface area contributed by atoms with Gasteiger partial charge in [-0.25, -0.2) is 0 Å². The number of hydrogen-bond acceptors (Lipinski definition) is 1. The maximum atomic E-state index is 12.9. The Balaban J connectivity index is 2.63. The summed E-state index contributed by atoms with van der Waals surface area (Å²) in [6, 6.07) is 0. The largest absolute Gasteiger partial charge is 0.481 e. The second-order valence-corrected chi connectivity index (χ2v) is 4.01. The monoisotopic (exact) mass is 246 g/mol. The van der Waals surface area contributed by atoms with Crippen LogP contribution in [0.4, 0.5) is 22.0 Å². The maximum absolute atomic E-state index is 12.9. The molecule has 2 nitrogen and oxygen atoms in total. The Labute approximate surface area is 88.4 Å². The van der Waals surface area contributed by atoms with Crippen LogP contribution >= 0.6 is 0 Å². The van der Waals surface area contributed by atoms with Crippen molar-refractivity contribution in [3.05, 3.63) is 0 Å². The minimum absolute atomic E-state index is 0.119. The van der Waals surface area contributed by atoms with Gasteiger partial charge < -0.3 is 5.11 Å². The van der Waals surface area contributed by atoms with E-state index in [0.29, 0.717) is 0 Å². The zero-order valence-electron chi connectivity index (χ0n) is 8.23. The Kier molecular flexibility index (Phi) is 3.44. The van der Waals surface area contributed by atoms with Crippen LogP contribution in [0.25, 0.3) is 0 Å². The van der Waals surface area contributed by atoms with Crippen molar-refractivity contribution < 1.29 is 31.9 Å². The Morgan fingerprint density at radius 1 is 1.00 bits per heavy atom. The van der Waals surface area contributed by atoms with Crippen molar-refractivity contribution in [3.63, 3.8) is 0 Å². The van der Waals surface area contributed by atoms with E-state index in [1.54, 1.807) is 0 Å². The molecule has 0 spiro atoms. The van der Waals surface area contributed by atoms with Gasteiger partial charge in [0.1, 0.15) is 0 Å². The van der Waals surface area contributed by atoms with Crippen LogP contribution < -0.4 is 0 Å². The first-order chi connectivity index (χ1) is 7.16. The zero-order valence-corrected chi connectivity index (χ0v) is 8.23. The number of hydrogen-bond donors (Lipinski definition) is 1. The summed E-state index contributed by atoms with van der Waals surface area (Å²) < 4.78 is 61.8. The molecule has 1 aliphatic carbocycles. The van der Waals surface area contributed by atoms with Crippen LogP contribution in [0.3, 0.4) is 0 Å². The molecule has 0 radical (unpaired) electrons. The highest BCUT2D eigenvalue weighted by atomic mass is 19.4. The van der Waals surface area contributed by atoms with Gasteiger partial charge in [-0.05, 0) is 25.7 Å². The smallest absolute Gasteiger partial charge is 0.453 e. The molecule has 0 heterocycles. The normalized spacial score (nSPS) is 27.8. The minimum Gasteiger partial charge on any atom is -0.481 e. The topological polar surface area (TPSA) is 37.3 Å². The molecular weight excluding hydrogens is 235 g/mol. The molecule has 1 fully saturated rings. The van der Waals surface area contributed by atoms with E-state index in [0.717, 1.165) is 0 Å². The molecule has 1 N–H and O–H groups in total. The van der Waals surface area contributed by atoms with Crippen molar-refractivity contribution in [1.82, 2.24) is 0 Å². The molecule has 0 aliphatic heterocycles. The van der Waals surface area contributed by atoms with Crippen LogP contribution in [0, 0.1) is 11.8 Å². The van der Waals surface area contributed by atoms with E-state index < -0.39 is 42.7 Å². The molecule has 16 heavy (non-hydrogen) atoms. The SMILES string of the molecule is O=C(O)C1CCC(C(F)(F)C(F)(F)F)CC1. The summed E-state index contributed by atoms with van der Waals surface area (Å²) in [5.41, 5.74) is 0. The molecule has 1 aliphatic rings. The van der Waals surface area contributed by atoms with Crippen molar-refractivity contribution in [1.29, 1.82) is 0 Å². The predicted octanol–water partition coefficient (Wildman–Crippen LogP) is 3.08. The van der Waals surface area contributed by atoms with Gasteiger partial charge >= 0.3 is 18.1 Å². The van der Waals surface area contributed by atoms with E-state index in [-0.39, 0.29) is 12.8 Å². The molecule has 94 valence electrons. The highest BCUT2D eigenvalue weighted by molar-refractivity contribution is 5.69. The van der Waals surface area contributed by atoms with Crippen LogP contribution in [0.1, 0.15) is 25.7 Å². The molecule has 0 amide bonds. The van der Waals surface area contributed by atoms with Crippen LogP contribution in [-0.2, 0) is 4.79 Å². The van der Waals surface area contributed by atoms with E-state index in [1.165, 1.54) is 0 Å². The van der Waals surface area contributed by atoms with Gasteiger partial charge in [-0.3, -0.25) is 4.79 Å². The van der Waals surface area contributed by atoms with Crippen LogP contribution in [-0.4, -0.2) is 23.2 Å². The molecule has 1 rings (SSSR count). The third-order valence-corrected chi connectivity index (χ3v) is 2.97. The van der Waals surface area contributed by atoms with Gasteiger partial charge in [-0.1, -0.05) is 0 Å². The van der Waals surface area contributed by atoms with Crippen molar-refractivity contribution >= 4 is 5.97 Å². The highest BCUT2D eigenvalue weighted by Gasteiger charge is 2.62. The first-order valence-corrected chi connectivity index (χ1v) is 4.83. The molecule has 0 aromatic carbocycles. The van der Waals surface area contributed by atoms with Gasteiger partial charge in [0, 0.05) is 5.92 Å². The summed E-state index contributed by atoms with van der Waals surface area (Å²) in [6.07, 6.45) is -6.59. The number of aliphatic carboxylic acids is 1. The van der Waals surface area contributed by atoms with E-state index >= 15 is 0 Å². The summed E-state index contributed by atoms with van der Waals surface area (Å²) in [4.78, 5) is 10.5. The van der Waals surface area contributed by atoms with Crippen molar-refractivity contribution in [2.45, 2.75) is 37.8 Å². The standard InChI is InChI=1S/C9H11F5O2/c10-8(11,9(12,13)14)6-3-1-5(2-4-6)7(15)16/h5-6H,1-4H2,(H,15,16). The average molecular weight is 246 g/mol. The molecule has 0 aromatic rings. The van der Waals surface area contributed by atoms with Crippen LogP contribution in [0.2, 0.25) is 0 Å². The lowest BCUT2D eigenvalue weighted by molar-refractivity contribution is -0.306. The van der Waals surface area contributed by atoms with Gasteiger partial charge in [0.05, 0.1) is 5.92 Å². The fourth-order valence-electron chi connectivity index (χ4n) is 1.93. The molecule has 0 unspecified atom stereocenters. The average Bonchev–Trinajstić information content (AvgIpc) is 2.16.